The van der Waals surface area contributed by atoms with Crippen LogP contribution in [0.15, 0.2) is 0 Å². The number of rotatable bonds is 5. The molecule has 0 aromatic carbocycles. The third-order valence-electron chi connectivity index (χ3n) is 5.75. The third kappa shape index (κ3) is 3.01. The van der Waals surface area contributed by atoms with Crippen molar-refractivity contribution < 1.29 is 19.5 Å². The van der Waals surface area contributed by atoms with Crippen LogP contribution in [0.25, 0.3) is 0 Å². The van der Waals surface area contributed by atoms with Gasteiger partial charge in [-0.15, -0.1) is 0 Å². The van der Waals surface area contributed by atoms with E-state index in [4.69, 9.17) is 0 Å². The maximum absolute atomic E-state index is 12.2. The standard InChI is InChI=1S/C17H27N3O4/c1-17(2)15(23)20(16(24)18-17)9-5-8-19-12-7-4-3-6-11(12)10-13(19)14(21)22/h11-13H,3-10H2,1-2H3,(H,18,24)(H,21,22). The zero-order chi connectivity index (χ0) is 17.5. The van der Waals surface area contributed by atoms with Gasteiger partial charge in [-0.05, 0) is 45.4 Å². The average Bonchev–Trinajstić information content (AvgIpc) is 2.97. The number of likely N-dealkylation sites (tertiary alicyclic amines) is 1. The summed E-state index contributed by atoms with van der Waals surface area (Å²) in [6.07, 6.45) is 5.87. The molecule has 3 aliphatic rings. The Morgan fingerprint density at radius 1 is 1.25 bits per heavy atom. The molecule has 0 spiro atoms. The molecular formula is C17H27N3O4. The lowest BCUT2D eigenvalue weighted by molar-refractivity contribution is -0.142. The molecule has 7 heteroatoms. The van der Waals surface area contributed by atoms with Gasteiger partial charge in [-0.25, -0.2) is 4.79 Å². The monoisotopic (exact) mass is 337 g/mol. The number of carbonyl (C=O) groups excluding carboxylic acids is 2. The Balaban J connectivity index is 1.59. The van der Waals surface area contributed by atoms with Crippen molar-refractivity contribution in [2.24, 2.45) is 5.92 Å². The molecule has 134 valence electrons. The fourth-order valence-electron chi connectivity index (χ4n) is 4.55. The molecule has 24 heavy (non-hydrogen) atoms. The molecular weight excluding hydrogens is 310 g/mol. The van der Waals surface area contributed by atoms with Crippen LogP contribution in [0.1, 0.15) is 52.4 Å². The highest BCUT2D eigenvalue weighted by Crippen LogP contribution is 2.39. The van der Waals surface area contributed by atoms with Crippen LogP contribution in [0, 0.1) is 5.92 Å². The van der Waals surface area contributed by atoms with Crippen molar-refractivity contribution in [2.45, 2.75) is 70.0 Å². The number of nitrogens with one attached hydrogen (secondary N) is 1. The Hall–Kier alpha value is -1.63. The van der Waals surface area contributed by atoms with E-state index in [1.54, 1.807) is 13.8 Å². The number of carboxylic acid groups (broad SMARTS) is 1. The van der Waals surface area contributed by atoms with Crippen LogP contribution in [-0.2, 0) is 9.59 Å². The Morgan fingerprint density at radius 2 is 1.96 bits per heavy atom. The minimum Gasteiger partial charge on any atom is -0.480 e. The van der Waals surface area contributed by atoms with Crippen molar-refractivity contribution in [3.05, 3.63) is 0 Å². The van der Waals surface area contributed by atoms with Crippen molar-refractivity contribution in [2.75, 3.05) is 13.1 Å². The maximum Gasteiger partial charge on any atom is 0.325 e. The predicted octanol–water partition coefficient (Wildman–Crippen LogP) is 1.42. The highest BCUT2D eigenvalue weighted by molar-refractivity contribution is 6.06. The SMILES string of the molecule is CC1(C)NC(=O)N(CCCN2C(C(=O)O)CC3CCCCC32)C1=O. The maximum atomic E-state index is 12.2. The second-order valence-electron chi connectivity index (χ2n) is 7.80. The fraction of sp³-hybridized carbons (Fsp3) is 0.824. The zero-order valence-corrected chi connectivity index (χ0v) is 14.5. The summed E-state index contributed by atoms with van der Waals surface area (Å²) >= 11 is 0. The summed E-state index contributed by atoms with van der Waals surface area (Å²) in [4.78, 5) is 39.1. The van der Waals surface area contributed by atoms with Crippen LogP contribution < -0.4 is 5.32 Å². The van der Waals surface area contributed by atoms with Crippen molar-refractivity contribution in [3.63, 3.8) is 0 Å². The van der Waals surface area contributed by atoms with Gasteiger partial charge in [-0.1, -0.05) is 12.8 Å². The first-order chi connectivity index (χ1) is 11.3. The molecule has 1 aliphatic carbocycles. The van der Waals surface area contributed by atoms with E-state index in [0.717, 1.165) is 25.7 Å². The van der Waals surface area contributed by atoms with Crippen LogP contribution >= 0.6 is 0 Å². The molecule has 2 aliphatic heterocycles. The van der Waals surface area contributed by atoms with Gasteiger partial charge in [0.15, 0.2) is 0 Å². The molecule has 3 unspecified atom stereocenters. The first-order valence-electron chi connectivity index (χ1n) is 8.94. The topological polar surface area (TPSA) is 90.0 Å². The van der Waals surface area contributed by atoms with Gasteiger partial charge in [0.05, 0.1) is 0 Å². The van der Waals surface area contributed by atoms with E-state index < -0.39 is 17.6 Å². The Morgan fingerprint density at radius 3 is 2.58 bits per heavy atom. The smallest absolute Gasteiger partial charge is 0.325 e. The second kappa shape index (κ2) is 6.35. The molecule has 2 N–H and O–H groups in total. The third-order valence-corrected chi connectivity index (χ3v) is 5.75. The summed E-state index contributed by atoms with van der Waals surface area (Å²) in [5, 5.41) is 12.2. The lowest BCUT2D eigenvalue weighted by atomic mass is 9.85. The molecule has 2 saturated heterocycles. The van der Waals surface area contributed by atoms with Gasteiger partial charge in [0, 0.05) is 19.1 Å². The van der Waals surface area contributed by atoms with Gasteiger partial charge in [-0.3, -0.25) is 19.4 Å². The van der Waals surface area contributed by atoms with Crippen LogP contribution in [0.5, 0.6) is 0 Å². The number of imide groups is 1. The highest BCUT2D eigenvalue weighted by atomic mass is 16.4. The molecule has 1 saturated carbocycles. The predicted molar refractivity (Wildman–Crippen MR) is 87.4 cm³/mol. The molecule has 3 fully saturated rings. The summed E-state index contributed by atoms with van der Waals surface area (Å²) < 4.78 is 0. The number of hydrogen-bond acceptors (Lipinski definition) is 4. The number of nitrogens with zero attached hydrogens (tertiary/aromatic N) is 2. The molecule has 0 aromatic rings. The first kappa shape index (κ1) is 17.2. The Kier molecular flexibility index (Phi) is 4.55. The van der Waals surface area contributed by atoms with Crippen LogP contribution in [0.3, 0.4) is 0 Å². The lowest BCUT2D eigenvalue weighted by Gasteiger charge is -2.33. The number of carboxylic acids is 1. The van der Waals surface area contributed by atoms with Crippen molar-refractivity contribution in [3.8, 4) is 0 Å². The Labute approximate surface area is 142 Å². The molecule has 2 heterocycles. The van der Waals surface area contributed by atoms with Gasteiger partial charge in [0.25, 0.3) is 5.91 Å². The summed E-state index contributed by atoms with van der Waals surface area (Å²) in [7, 11) is 0. The highest BCUT2D eigenvalue weighted by Gasteiger charge is 2.46. The largest absolute Gasteiger partial charge is 0.480 e. The van der Waals surface area contributed by atoms with Crippen molar-refractivity contribution in [1.29, 1.82) is 0 Å². The van der Waals surface area contributed by atoms with E-state index in [1.165, 1.54) is 11.3 Å². The minimum absolute atomic E-state index is 0.209. The van der Waals surface area contributed by atoms with Crippen LogP contribution in [0.4, 0.5) is 4.79 Å². The first-order valence-corrected chi connectivity index (χ1v) is 8.94. The van der Waals surface area contributed by atoms with E-state index in [1.807, 2.05) is 0 Å². The normalized spacial score (nSPS) is 32.8. The fourth-order valence-corrected chi connectivity index (χ4v) is 4.55. The summed E-state index contributed by atoms with van der Waals surface area (Å²) in [6, 6.07) is -0.422. The zero-order valence-electron chi connectivity index (χ0n) is 14.5. The quantitative estimate of drug-likeness (QED) is 0.741. The molecule has 3 rings (SSSR count). The van der Waals surface area contributed by atoms with Crippen LogP contribution in [0.2, 0.25) is 0 Å². The molecule has 3 amide bonds. The Bertz CT molecular complexity index is 548. The van der Waals surface area contributed by atoms with Gasteiger partial charge in [0.1, 0.15) is 11.6 Å². The molecule has 0 bridgehead atoms. The van der Waals surface area contributed by atoms with E-state index in [0.29, 0.717) is 31.5 Å². The van der Waals surface area contributed by atoms with Gasteiger partial charge in [0.2, 0.25) is 0 Å². The number of urea groups is 1. The minimum atomic E-state index is -0.844. The number of fused-ring (bicyclic) bond motifs is 1. The molecule has 0 aromatic heterocycles. The number of carbonyl (C=O) groups is 3. The summed E-state index contributed by atoms with van der Waals surface area (Å²) in [5.74, 6) is -0.477. The lowest BCUT2D eigenvalue weighted by Crippen LogP contribution is -2.44. The number of amides is 3. The summed E-state index contributed by atoms with van der Waals surface area (Å²) in [5.41, 5.74) is -0.844. The van der Waals surface area contributed by atoms with Gasteiger partial charge in [-0.2, -0.15) is 0 Å². The van der Waals surface area contributed by atoms with Crippen molar-refractivity contribution in [1.82, 2.24) is 15.1 Å². The number of hydrogen-bond donors (Lipinski definition) is 2. The molecule has 0 radical (unpaired) electrons. The summed E-state index contributed by atoms with van der Waals surface area (Å²) in [6.45, 7) is 4.35. The van der Waals surface area contributed by atoms with Gasteiger partial charge < -0.3 is 10.4 Å². The molecule has 7 nitrogen and oxygen atoms in total. The molecule has 3 atom stereocenters. The van der Waals surface area contributed by atoms with E-state index >= 15 is 0 Å². The van der Waals surface area contributed by atoms with E-state index in [9.17, 15) is 19.5 Å². The van der Waals surface area contributed by atoms with E-state index in [2.05, 4.69) is 10.2 Å². The van der Waals surface area contributed by atoms with Crippen LogP contribution in [-0.4, -0.2) is 63.5 Å². The van der Waals surface area contributed by atoms with Crippen molar-refractivity contribution >= 4 is 17.9 Å². The number of aliphatic carboxylic acids is 1. The van der Waals surface area contributed by atoms with Gasteiger partial charge >= 0.3 is 12.0 Å². The average molecular weight is 337 g/mol. The second-order valence-corrected chi connectivity index (χ2v) is 7.80. The van der Waals surface area contributed by atoms with E-state index in [-0.39, 0.29) is 11.9 Å².